The van der Waals surface area contributed by atoms with Crippen molar-refractivity contribution < 1.29 is 24.2 Å². The summed E-state index contributed by atoms with van der Waals surface area (Å²) in [5.74, 6) is -0.461. The van der Waals surface area contributed by atoms with E-state index in [-0.39, 0.29) is 5.69 Å². The highest BCUT2D eigenvalue weighted by molar-refractivity contribution is 6.33. The first-order valence-electron chi connectivity index (χ1n) is 13.6. The normalized spacial score (nSPS) is 14.5. The first-order chi connectivity index (χ1) is 19.6. The average Bonchev–Trinajstić information content (AvgIpc) is 2.95. The molecule has 3 aromatic rings. The van der Waals surface area contributed by atoms with Crippen LogP contribution in [0.25, 0.3) is 22.4 Å². The van der Waals surface area contributed by atoms with Crippen molar-refractivity contribution in [3.63, 3.8) is 0 Å². The fourth-order valence-corrected chi connectivity index (χ4v) is 5.49. The van der Waals surface area contributed by atoms with Crippen LogP contribution in [0.1, 0.15) is 49.0 Å². The number of hydrogen-bond acceptors (Lipinski definition) is 6. The Hall–Kier alpha value is -3.33. The quantitative estimate of drug-likeness (QED) is 0.240. The summed E-state index contributed by atoms with van der Waals surface area (Å²) >= 11 is 13.0. The average molecular weight is 601 g/mol. The predicted molar refractivity (Wildman–Crippen MR) is 161 cm³/mol. The number of nitrogens with zero attached hydrogens (tertiary/aromatic N) is 2. The smallest absolute Gasteiger partial charge is 0.329 e. The largest absolute Gasteiger partial charge is 0.497 e. The zero-order valence-electron chi connectivity index (χ0n) is 23.5. The third-order valence-electron chi connectivity index (χ3n) is 7.27. The number of benzene rings is 2. The highest BCUT2D eigenvalue weighted by Crippen LogP contribution is 2.41. The van der Waals surface area contributed by atoms with Crippen LogP contribution in [0.15, 0.2) is 48.5 Å². The van der Waals surface area contributed by atoms with Gasteiger partial charge in [0.1, 0.15) is 22.7 Å². The molecule has 1 aliphatic rings. The summed E-state index contributed by atoms with van der Waals surface area (Å²) < 4.78 is 11.5. The van der Waals surface area contributed by atoms with Crippen molar-refractivity contribution in [2.45, 2.75) is 44.1 Å². The van der Waals surface area contributed by atoms with E-state index in [0.29, 0.717) is 63.4 Å². The number of aliphatic carboxylic acids is 1. The molecule has 1 saturated carbocycles. The molecular formula is C31H35Cl2N3O5. The van der Waals surface area contributed by atoms with E-state index < -0.39 is 17.4 Å². The van der Waals surface area contributed by atoms with Crippen LogP contribution >= 0.6 is 23.2 Å². The van der Waals surface area contributed by atoms with Gasteiger partial charge in [0.25, 0.3) is 5.91 Å². The van der Waals surface area contributed by atoms with Crippen molar-refractivity contribution in [3.8, 4) is 33.9 Å². The zero-order chi connectivity index (χ0) is 29.6. The molecule has 2 aromatic carbocycles. The van der Waals surface area contributed by atoms with Gasteiger partial charge in [-0.15, -0.1) is 0 Å². The third kappa shape index (κ3) is 7.31. The molecule has 0 aliphatic heterocycles. The Morgan fingerprint density at radius 1 is 1.00 bits per heavy atom. The molecule has 1 aromatic heterocycles. The topological polar surface area (TPSA) is 101 Å². The van der Waals surface area contributed by atoms with Crippen LogP contribution in [0.2, 0.25) is 10.0 Å². The maximum atomic E-state index is 13.5. The Bertz CT molecular complexity index is 1410. The molecule has 0 radical (unpaired) electrons. The molecular weight excluding hydrogens is 565 g/mol. The van der Waals surface area contributed by atoms with Crippen LogP contribution in [-0.4, -0.2) is 66.8 Å². The molecule has 1 heterocycles. The lowest BCUT2D eigenvalue weighted by molar-refractivity contribution is -0.145. The number of aromatic nitrogens is 1. The van der Waals surface area contributed by atoms with Crippen LogP contribution in [0.5, 0.6) is 11.5 Å². The Balaban J connectivity index is 1.80. The minimum absolute atomic E-state index is 0.0908. The van der Waals surface area contributed by atoms with Gasteiger partial charge < -0.3 is 24.8 Å². The summed E-state index contributed by atoms with van der Waals surface area (Å²) in [6.45, 7) is 1.30. The van der Waals surface area contributed by atoms with Crippen molar-refractivity contribution in [2.75, 3.05) is 34.4 Å². The lowest BCUT2D eigenvalue weighted by atomic mass is 9.81. The van der Waals surface area contributed by atoms with Gasteiger partial charge in [0, 0.05) is 28.3 Å². The molecule has 4 rings (SSSR count). The Kier molecular flexibility index (Phi) is 10.1. The molecule has 0 atom stereocenters. The molecule has 1 fully saturated rings. The molecule has 1 aliphatic carbocycles. The SMILES string of the molecule is COc1ccc(-c2ccc(C(=O)NC3(C(=O)O)CCCCC3)nc2-c2ccc(Cl)cc2OCCCN(C)C)c(Cl)c1. The van der Waals surface area contributed by atoms with Crippen molar-refractivity contribution in [1.82, 2.24) is 15.2 Å². The van der Waals surface area contributed by atoms with Gasteiger partial charge >= 0.3 is 5.97 Å². The van der Waals surface area contributed by atoms with Gasteiger partial charge in [0.2, 0.25) is 0 Å². The van der Waals surface area contributed by atoms with Crippen LogP contribution in [0.3, 0.4) is 0 Å². The van der Waals surface area contributed by atoms with E-state index in [0.717, 1.165) is 32.2 Å². The molecule has 218 valence electrons. The maximum absolute atomic E-state index is 13.5. The van der Waals surface area contributed by atoms with Gasteiger partial charge in [-0.3, -0.25) is 4.79 Å². The fraction of sp³-hybridized carbons (Fsp3) is 0.387. The molecule has 8 nitrogen and oxygen atoms in total. The predicted octanol–water partition coefficient (Wildman–Crippen LogP) is 6.58. The number of rotatable bonds is 11. The van der Waals surface area contributed by atoms with Gasteiger partial charge in [0.15, 0.2) is 0 Å². The lowest BCUT2D eigenvalue weighted by Gasteiger charge is -2.33. The summed E-state index contributed by atoms with van der Waals surface area (Å²) in [4.78, 5) is 32.5. The Morgan fingerprint density at radius 3 is 2.37 bits per heavy atom. The molecule has 0 bridgehead atoms. The molecule has 0 saturated heterocycles. The maximum Gasteiger partial charge on any atom is 0.329 e. The van der Waals surface area contributed by atoms with Crippen LogP contribution < -0.4 is 14.8 Å². The second-order valence-electron chi connectivity index (χ2n) is 10.5. The molecule has 10 heteroatoms. The summed E-state index contributed by atoms with van der Waals surface area (Å²) in [5, 5.41) is 13.7. The minimum atomic E-state index is -1.31. The number of ether oxygens (including phenoxy) is 2. The van der Waals surface area contributed by atoms with Crippen molar-refractivity contribution in [1.29, 1.82) is 0 Å². The van der Waals surface area contributed by atoms with Crippen LogP contribution in [-0.2, 0) is 4.79 Å². The van der Waals surface area contributed by atoms with Crippen molar-refractivity contribution >= 4 is 35.1 Å². The number of carboxylic acid groups (broad SMARTS) is 1. The minimum Gasteiger partial charge on any atom is -0.497 e. The number of nitrogens with one attached hydrogen (secondary N) is 1. The molecule has 0 spiro atoms. The highest BCUT2D eigenvalue weighted by atomic mass is 35.5. The third-order valence-corrected chi connectivity index (χ3v) is 7.82. The summed E-state index contributed by atoms with van der Waals surface area (Å²) in [6, 6.07) is 13.9. The van der Waals surface area contributed by atoms with Gasteiger partial charge in [-0.25, -0.2) is 9.78 Å². The molecule has 0 unspecified atom stereocenters. The van der Waals surface area contributed by atoms with Gasteiger partial charge in [-0.1, -0.05) is 42.5 Å². The summed E-state index contributed by atoms with van der Waals surface area (Å²) in [6.07, 6.45) is 3.96. The van der Waals surface area contributed by atoms with Crippen LogP contribution in [0.4, 0.5) is 0 Å². The van der Waals surface area contributed by atoms with Gasteiger partial charge in [-0.2, -0.15) is 0 Å². The van der Waals surface area contributed by atoms with Crippen molar-refractivity contribution in [2.24, 2.45) is 0 Å². The molecule has 2 N–H and O–H groups in total. The lowest BCUT2D eigenvalue weighted by Crippen LogP contribution is -2.55. The monoisotopic (exact) mass is 599 g/mol. The molecule has 1 amide bonds. The van der Waals surface area contributed by atoms with Gasteiger partial charge in [0.05, 0.1) is 24.4 Å². The van der Waals surface area contributed by atoms with E-state index in [1.807, 2.05) is 20.2 Å². The van der Waals surface area contributed by atoms with E-state index in [4.69, 9.17) is 37.7 Å². The van der Waals surface area contributed by atoms with Gasteiger partial charge in [-0.05, 0) is 81.9 Å². The van der Waals surface area contributed by atoms with E-state index in [9.17, 15) is 14.7 Å². The Labute approximate surface area is 250 Å². The van der Waals surface area contributed by atoms with E-state index in [1.54, 1.807) is 49.6 Å². The summed E-state index contributed by atoms with van der Waals surface area (Å²) in [7, 11) is 5.56. The second kappa shape index (κ2) is 13.6. The fourth-order valence-electron chi connectivity index (χ4n) is 5.05. The number of halogens is 2. The number of carboxylic acids is 1. The van der Waals surface area contributed by atoms with E-state index in [1.165, 1.54) is 0 Å². The molecule has 41 heavy (non-hydrogen) atoms. The number of pyridine rings is 1. The number of carbonyl (C=O) groups is 2. The number of methoxy groups -OCH3 is 1. The number of carbonyl (C=O) groups excluding carboxylic acids is 1. The first-order valence-corrected chi connectivity index (χ1v) is 14.4. The summed E-state index contributed by atoms with van der Waals surface area (Å²) in [5.41, 5.74) is 1.22. The van der Waals surface area contributed by atoms with Crippen molar-refractivity contribution in [3.05, 3.63) is 64.3 Å². The van der Waals surface area contributed by atoms with Crippen LogP contribution in [0, 0.1) is 0 Å². The zero-order valence-corrected chi connectivity index (χ0v) is 25.0. The second-order valence-corrected chi connectivity index (χ2v) is 11.3. The standard InChI is InChI=1S/C31H35Cl2N3O5/c1-36(2)16-7-17-41-27-18-20(32)8-10-24(27)28-23(22-11-9-21(40-3)19-25(22)33)12-13-26(34-28)29(37)35-31(30(38)39)14-5-4-6-15-31/h8-13,18-19H,4-7,14-17H2,1-3H3,(H,35,37)(H,38,39). The first kappa shape index (κ1) is 30.6. The number of amides is 1. The highest BCUT2D eigenvalue weighted by Gasteiger charge is 2.41. The van der Waals surface area contributed by atoms with E-state index in [2.05, 4.69) is 10.2 Å². The Morgan fingerprint density at radius 2 is 1.71 bits per heavy atom. The van der Waals surface area contributed by atoms with E-state index >= 15 is 0 Å². The number of hydrogen-bond donors (Lipinski definition) is 2.